The normalized spacial score (nSPS) is 21.4. The minimum atomic E-state index is -0.0179. The van der Waals surface area contributed by atoms with Gasteiger partial charge in [0.1, 0.15) is 0 Å². The van der Waals surface area contributed by atoms with Gasteiger partial charge < -0.3 is 9.84 Å². The highest BCUT2D eigenvalue weighted by Gasteiger charge is 2.27. The molecule has 7 nitrogen and oxygen atoms in total. The first kappa shape index (κ1) is 24.7. The van der Waals surface area contributed by atoms with Gasteiger partial charge in [-0.15, -0.1) is 0 Å². The van der Waals surface area contributed by atoms with E-state index in [2.05, 4.69) is 56.4 Å². The summed E-state index contributed by atoms with van der Waals surface area (Å²) in [6.07, 6.45) is 4.55. The third-order valence-corrected chi connectivity index (χ3v) is 7.37. The minimum Gasteiger partial charge on any atom is -0.352 e. The van der Waals surface area contributed by atoms with E-state index in [4.69, 9.17) is 4.52 Å². The van der Waals surface area contributed by atoms with E-state index in [0.29, 0.717) is 31.3 Å². The first-order valence-corrected chi connectivity index (χ1v) is 13.3. The molecule has 2 unspecified atom stereocenters. The molecule has 1 aromatic heterocycles. The van der Waals surface area contributed by atoms with E-state index >= 15 is 0 Å². The molecule has 3 heterocycles. The summed E-state index contributed by atoms with van der Waals surface area (Å²) < 4.78 is 5.48. The smallest absolute Gasteiger partial charge is 0.241 e. The van der Waals surface area contributed by atoms with Gasteiger partial charge in [0.15, 0.2) is 0 Å². The van der Waals surface area contributed by atoms with Gasteiger partial charge in [-0.05, 0) is 55.8 Å². The highest BCUT2D eigenvalue weighted by Crippen LogP contribution is 2.21. The Morgan fingerprint density at radius 1 is 0.944 bits per heavy atom. The Balaban J connectivity index is 1.08. The second kappa shape index (κ2) is 11.8. The van der Waals surface area contributed by atoms with Crippen LogP contribution in [0.3, 0.4) is 0 Å². The fourth-order valence-electron chi connectivity index (χ4n) is 5.41. The Hall–Kier alpha value is -3.03. The van der Waals surface area contributed by atoms with Crippen molar-refractivity contribution in [3.8, 4) is 11.4 Å². The van der Waals surface area contributed by atoms with Crippen molar-refractivity contribution in [2.24, 2.45) is 11.8 Å². The van der Waals surface area contributed by atoms with Gasteiger partial charge in [0.2, 0.25) is 17.6 Å². The number of amides is 1. The fourth-order valence-corrected chi connectivity index (χ4v) is 5.41. The van der Waals surface area contributed by atoms with E-state index in [1.165, 1.54) is 31.5 Å². The van der Waals surface area contributed by atoms with Crippen LogP contribution in [0.25, 0.3) is 11.4 Å². The highest BCUT2D eigenvalue weighted by atomic mass is 16.5. The predicted molar refractivity (Wildman–Crippen MR) is 140 cm³/mol. The van der Waals surface area contributed by atoms with Crippen LogP contribution < -0.4 is 5.32 Å². The number of carbonyl (C=O) groups excluding carboxylic acids is 1. The Morgan fingerprint density at radius 2 is 1.67 bits per heavy atom. The maximum Gasteiger partial charge on any atom is 0.241 e. The third kappa shape index (κ3) is 6.59. The van der Waals surface area contributed by atoms with Crippen molar-refractivity contribution >= 4 is 5.91 Å². The van der Waals surface area contributed by atoms with Crippen LogP contribution in [0.4, 0.5) is 0 Å². The Morgan fingerprint density at radius 3 is 2.44 bits per heavy atom. The number of hydrogen-bond donors (Lipinski definition) is 1. The molecule has 2 aromatic carbocycles. The molecule has 3 aromatic rings. The van der Waals surface area contributed by atoms with Crippen molar-refractivity contribution in [3.63, 3.8) is 0 Å². The largest absolute Gasteiger partial charge is 0.352 e. The van der Waals surface area contributed by atoms with Gasteiger partial charge in [-0.1, -0.05) is 66.7 Å². The quantitative estimate of drug-likeness (QED) is 0.504. The van der Waals surface area contributed by atoms with Crippen LogP contribution in [0, 0.1) is 11.8 Å². The van der Waals surface area contributed by atoms with E-state index in [-0.39, 0.29) is 11.8 Å². The number of nitrogens with zero attached hydrogens (tertiary/aromatic N) is 4. The number of carbonyl (C=O) groups is 1. The first-order chi connectivity index (χ1) is 17.6. The van der Waals surface area contributed by atoms with Gasteiger partial charge in [0.05, 0.1) is 12.5 Å². The number of hydrogen-bond acceptors (Lipinski definition) is 6. The molecule has 0 spiro atoms. The molecule has 7 heteroatoms. The summed E-state index contributed by atoms with van der Waals surface area (Å²) in [4.78, 5) is 22.3. The van der Waals surface area contributed by atoms with Gasteiger partial charge in [-0.2, -0.15) is 4.98 Å². The van der Waals surface area contributed by atoms with Gasteiger partial charge in [0.25, 0.3) is 0 Å². The minimum absolute atomic E-state index is 0.0179. The van der Waals surface area contributed by atoms with Crippen LogP contribution >= 0.6 is 0 Å². The molecular weight excluding hydrogens is 450 g/mol. The lowest BCUT2D eigenvalue weighted by Gasteiger charge is -2.31. The molecular formula is C29H37N5O2. The molecule has 0 radical (unpaired) electrons. The number of likely N-dealkylation sites (tertiary alicyclic amines) is 2. The standard InChI is InChI=1S/C29H37N5O2/c1-22-7-5-15-33(18-22)19-24-13-11-23(12-14-24)17-30-29(35)26-10-6-16-34(20-26)21-27-31-28(32-36-27)25-8-3-2-4-9-25/h2-4,8-9,11-14,22,26H,5-7,10,15-21H2,1H3,(H,30,35). The van der Waals surface area contributed by atoms with Gasteiger partial charge >= 0.3 is 0 Å². The average molecular weight is 488 g/mol. The molecule has 5 rings (SSSR count). The fraction of sp³-hybridized carbons (Fsp3) is 0.483. The van der Waals surface area contributed by atoms with Crippen molar-refractivity contribution in [3.05, 3.63) is 71.6 Å². The van der Waals surface area contributed by atoms with Crippen molar-refractivity contribution in [2.75, 3.05) is 26.2 Å². The summed E-state index contributed by atoms with van der Waals surface area (Å²) in [5.41, 5.74) is 3.43. The van der Waals surface area contributed by atoms with Gasteiger partial charge in [-0.25, -0.2) is 0 Å². The zero-order valence-electron chi connectivity index (χ0n) is 21.2. The summed E-state index contributed by atoms with van der Waals surface area (Å²) in [6.45, 7) is 8.53. The predicted octanol–water partition coefficient (Wildman–Crippen LogP) is 4.50. The lowest BCUT2D eigenvalue weighted by molar-refractivity contribution is -0.127. The summed E-state index contributed by atoms with van der Waals surface area (Å²) in [5, 5.41) is 7.27. The molecule has 2 atom stereocenters. The molecule has 190 valence electrons. The third-order valence-electron chi connectivity index (χ3n) is 7.37. The van der Waals surface area contributed by atoms with Gasteiger partial charge in [-0.3, -0.25) is 14.6 Å². The molecule has 0 saturated carbocycles. The second-order valence-corrected chi connectivity index (χ2v) is 10.5. The first-order valence-electron chi connectivity index (χ1n) is 13.3. The summed E-state index contributed by atoms with van der Waals surface area (Å²) in [7, 11) is 0. The molecule has 0 aliphatic carbocycles. The number of aromatic nitrogens is 2. The number of rotatable bonds is 8. The Labute approximate surface area is 213 Å². The second-order valence-electron chi connectivity index (χ2n) is 10.5. The molecule has 0 bridgehead atoms. The molecule has 2 fully saturated rings. The van der Waals surface area contributed by atoms with Crippen molar-refractivity contribution in [2.45, 2.75) is 52.2 Å². The maximum absolute atomic E-state index is 12.9. The highest BCUT2D eigenvalue weighted by molar-refractivity contribution is 5.79. The van der Waals surface area contributed by atoms with E-state index in [1.807, 2.05) is 30.3 Å². The Bertz CT molecular complexity index is 1110. The SMILES string of the molecule is CC1CCCN(Cc2ccc(CNC(=O)C3CCCN(Cc4nc(-c5ccccc5)no4)C3)cc2)C1. The van der Waals surface area contributed by atoms with E-state index in [1.54, 1.807) is 0 Å². The molecule has 1 N–H and O–H groups in total. The van der Waals surface area contributed by atoms with Crippen LogP contribution in [0.2, 0.25) is 0 Å². The lowest BCUT2D eigenvalue weighted by Crippen LogP contribution is -2.42. The molecule has 2 saturated heterocycles. The van der Waals surface area contributed by atoms with Crippen molar-refractivity contribution in [1.29, 1.82) is 0 Å². The van der Waals surface area contributed by atoms with E-state index in [0.717, 1.165) is 43.0 Å². The van der Waals surface area contributed by atoms with Crippen molar-refractivity contribution in [1.82, 2.24) is 25.3 Å². The van der Waals surface area contributed by atoms with Gasteiger partial charge in [0, 0.05) is 31.7 Å². The Kier molecular flexibility index (Phi) is 8.08. The monoisotopic (exact) mass is 487 g/mol. The summed E-state index contributed by atoms with van der Waals surface area (Å²) in [5.74, 6) is 2.10. The summed E-state index contributed by atoms with van der Waals surface area (Å²) in [6, 6.07) is 18.5. The molecule has 2 aliphatic heterocycles. The average Bonchev–Trinajstić information content (AvgIpc) is 3.37. The zero-order chi connectivity index (χ0) is 24.7. The van der Waals surface area contributed by atoms with E-state index in [9.17, 15) is 4.79 Å². The van der Waals surface area contributed by atoms with Crippen LogP contribution in [0.15, 0.2) is 59.1 Å². The topological polar surface area (TPSA) is 74.5 Å². The summed E-state index contributed by atoms with van der Waals surface area (Å²) >= 11 is 0. The van der Waals surface area contributed by atoms with E-state index < -0.39 is 0 Å². The number of nitrogens with one attached hydrogen (secondary N) is 1. The molecule has 36 heavy (non-hydrogen) atoms. The lowest BCUT2D eigenvalue weighted by atomic mass is 9.97. The zero-order valence-corrected chi connectivity index (χ0v) is 21.2. The maximum atomic E-state index is 12.9. The molecule has 2 aliphatic rings. The molecule has 1 amide bonds. The van der Waals surface area contributed by atoms with Crippen LogP contribution in [0.1, 0.15) is 49.6 Å². The van der Waals surface area contributed by atoms with Crippen molar-refractivity contribution < 1.29 is 9.32 Å². The van der Waals surface area contributed by atoms with Crippen LogP contribution in [0.5, 0.6) is 0 Å². The number of piperidine rings is 2. The van der Waals surface area contributed by atoms with Crippen LogP contribution in [-0.4, -0.2) is 52.0 Å². The van der Waals surface area contributed by atoms with Crippen LogP contribution in [-0.2, 0) is 24.4 Å². The number of benzene rings is 2.